The van der Waals surface area contributed by atoms with E-state index in [0.717, 1.165) is 15.2 Å². The quantitative estimate of drug-likeness (QED) is 0.863. The molecule has 0 aliphatic heterocycles. The van der Waals surface area contributed by atoms with Crippen molar-refractivity contribution in [2.75, 3.05) is 12.4 Å². The van der Waals surface area contributed by atoms with Gasteiger partial charge in [0.15, 0.2) is 0 Å². The predicted octanol–water partition coefficient (Wildman–Crippen LogP) is 3.57. The number of rotatable bonds is 3. The minimum atomic E-state index is -0.0875. The molecular weight excluding hydrogens is 302 g/mol. The van der Waals surface area contributed by atoms with Crippen LogP contribution in [0.2, 0.25) is 0 Å². The van der Waals surface area contributed by atoms with Crippen LogP contribution >= 0.6 is 27.5 Å². The number of nitrogens with one attached hydrogen (secondary N) is 1. The molecule has 2 nitrogen and oxygen atoms in total. The maximum absolute atomic E-state index is 11.7. The lowest BCUT2D eigenvalue weighted by Gasteiger charge is -2.05. The van der Waals surface area contributed by atoms with Gasteiger partial charge in [-0.15, -0.1) is 11.6 Å². The van der Waals surface area contributed by atoms with Crippen molar-refractivity contribution in [2.45, 2.75) is 0 Å². The Morgan fingerprint density at radius 3 is 2.65 bits per heavy atom. The molecule has 0 aliphatic rings. The smallest absolute Gasteiger partial charge is 0.251 e. The zero-order chi connectivity index (χ0) is 12.3. The molecule has 88 valence electrons. The molecule has 0 aliphatic carbocycles. The summed E-state index contributed by atoms with van der Waals surface area (Å²) in [6, 6.07) is 11.6. The fourth-order valence-corrected chi connectivity index (χ4v) is 2.09. The molecule has 0 saturated carbocycles. The Labute approximate surface area is 113 Å². The summed E-state index contributed by atoms with van der Waals surface area (Å²) in [6.45, 7) is 0.485. The molecule has 0 atom stereocenters. The maximum atomic E-state index is 11.7. The normalized spacial score (nSPS) is 10.5. The highest BCUT2D eigenvalue weighted by molar-refractivity contribution is 9.10. The Hall–Kier alpha value is -1.06. The fourth-order valence-electron chi connectivity index (χ4n) is 1.62. The third-order valence-corrected chi connectivity index (χ3v) is 3.13. The monoisotopic (exact) mass is 311 g/mol. The highest BCUT2D eigenvalue weighted by Crippen LogP contribution is 2.20. The number of alkyl halides is 1. The number of benzene rings is 2. The molecule has 0 unspecified atom stereocenters. The van der Waals surface area contributed by atoms with E-state index in [2.05, 4.69) is 21.2 Å². The van der Waals surface area contributed by atoms with Crippen LogP contribution < -0.4 is 5.32 Å². The van der Waals surface area contributed by atoms with Crippen molar-refractivity contribution in [1.29, 1.82) is 0 Å². The summed E-state index contributed by atoms with van der Waals surface area (Å²) in [7, 11) is 0. The lowest BCUT2D eigenvalue weighted by atomic mass is 10.1. The van der Waals surface area contributed by atoms with Crippen LogP contribution in [0.1, 0.15) is 10.4 Å². The first-order chi connectivity index (χ1) is 8.20. The van der Waals surface area contributed by atoms with Crippen LogP contribution in [-0.4, -0.2) is 18.3 Å². The lowest BCUT2D eigenvalue weighted by molar-refractivity contribution is 0.0956. The summed E-state index contributed by atoms with van der Waals surface area (Å²) in [6.07, 6.45) is 0. The van der Waals surface area contributed by atoms with E-state index in [0.29, 0.717) is 18.0 Å². The Bertz CT molecular complexity index is 556. The summed E-state index contributed by atoms with van der Waals surface area (Å²) in [4.78, 5) is 11.7. The Balaban J connectivity index is 2.31. The van der Waals surface area contributed by atoms with Gasteiger partial charge in [-0.05, 0) is 35.0 Å². The highest BCUT2D eigenvalue weighted by atomic mass is 79.9. The number of carbonyl (C=O) groups excluding carboxylic acids is 1. The fraction of sp³-hybridized carbons (Fsp3) is 0.154. The molecule has 1 amide bonds. The standard InChI is InChI=1S/C13H11BrClNO/c14-12-4-3-9-7-11(2-1-10(9)8-12)13(17)16-6-5-15/h1-4,7-8H,5-6H2,(H,16,17). The summed E-state index contributed by atoms with van der Waals surface area (Å²) >= 11 is 8.95. The van der Waals surface area contributed by atoms with Crippen molar-refractivity contribution in [1.82, 2.24) is 5.32 Å². The summed E-state index contributed by atoms with van der Waals surface area (Å²) in [5.74, 6) is 0.335. The molecule has 1 N–H and O–H groups in total. The zero-order valence-corrected chi connectivity index (χ0v) is 11.4. The topological polar surface area (TPSA) is 29.1 Å². The third kappa shape index (κ3) is 2.99. The summed E-state index contributed by atoms with van der Waals surface area (Å²) < 4.78 is 1.03. The van der Waals surface area contributed by atoms with Crippen LogP contribution in [0.25, 0.3) is 10.8 Å². The molecule has 0 heterocycles. The van der Waals surface area contributed by atoms with E-state index >= 15 is 0 Å². The van der Waals surface area contributed by atoms with Crippen LogP contribution in [0.3, 0.4) is 0 Å². The summed E-state index contributed by atoms with van der Waals surface area (Å²) in [5, 5.41) is 4.90. The maximum Gasteiger partial charge on any atom is 0.251 e. The molecular formula is C13H11BrClNO. The van der Waals surface area contributed by atoms with Gasteiger partial charge in [-0.25, -0.2) is 0 Å². The van der Waals surface area contributed by atoms with Gasteiger partial charge in [-0.2, -0.15) is 0 Å². The van der Waals surface area contributed by atoms with Crippen LogP contribution in [0.4, 0.5) is 0 Å². The van der Waals surface area contributed by atoms with Gasteiger partial charge in [0.1, 0.15) is 0 Å². The largest absolute Gasteiger partial charge is 0.351 e. The van der Waals surface area contributed by atoms with Crippen molar-refractivity contribution in [3.8, 4) is 0 Å². The van der Waals surface area contributed by atoms with Gasteiger partial charge in [-0.3, -0.25) is 4.79 Å². The predicted molar refractivity (Wildman–Crippen MR) is 74.7 cm³/mol. The molecule has 0 bridgehead atoms. The lowest BCUT2D eigenvalue weighted by Crippen LogP contribution is -2.25. The van der Waals surface area contributed by atoms with E-state index in [9.17, 15) is 4.79 Å². The SMILES string of the molecule is O=C(NCCCl)c1ccc2cc(Br)ccc2c1. The summed E-state index contributed by atoms with van der Waals surface area (Å²) in [5.41, 5.74) is 0.657. The molecule has 4 heteroatoms. The number of hydrogen-bond acceptors (Lipinski definition) is 1. The molecule has 0 aromatic heterocycles. The van der Waals surface area contributed by atoms with Crippen LogP contribution in [0, 0.1) is 0 Å². The van der Waals surface area contributed by atoms with Gasteiger partial charge < -0.3 is 5.32 Å². The third-order valence-electron chi connectivity index (χ3n) is 2.44. The van der Waals surface area contributed by atoms with Crippen LogP contribution in [0.5, 0.6) is 0 Å². The number of amides is 1. The van der Waals surface area contributed by atoms with Crippen molar-refractivity contribution in [2.24, 2.45) is 0 Å². The van der Waals surface area contributed by atoms with E-state index in [1.165, 1.54) is 0 Å². The average Bonchev–Trinajstić information content (AvgIpc) is 2.35. The molecule has 0 fully saturated rings. The van der Waals surface area contributed by atoms with Gasteiger partial charge >= 0.3 is 0 Å². The first-order valence-electron chi connectivity index (χ1n) is 5.24. The van der Waals surface area contributed by atoms with Gasteiger partial charge in [0.25, 0.3) is 5.91 Å². The Morgan fingerprint density at radius 1 is 1.18 bits per heavy atom. The molecule has 0 radical (unpaired) electrons. The number of fused-ring (bicyclic) bond motifs is 1. The van der Waals surface area contributed by atoms with Crippen molar-refractivity contribution < 1.29 is 4.79 Å². The molecule has 2 aromatic rings. The van der Waals surface area contributed by atoms with Crippen molar-refractivity contribution in [3.05, 3.63) is 46.4 Å². The van der Waals surface area contributed by atoms with Gasteiger partial charge in [-0.1, -0.05) is 28.1 Å². The number of carbonyl (C=O) groups is 1. The molecule has 0 spiro atoms. The van der Waals surface area contributed by atoms with E-state index in [-0.39, 0.29) is 5.91 Å². The molecule has 2 rings (SSSR count). The second kappa shape index (κ2) is 5.52. The second-order valence-electron chi connectivity index (χ2n) is 3.65. The Morgan fingerprint density at radius 2 is 1.88 bits per heavy atom. The minimum Gasteiger partial charge on any atom is -0.351 e. The molecule has 17 heavy (non-hydrogen) atoms. The first-order valence-corrected chi connectivity index (χ1v) is 6.57. The van der Waals surface area contributed by atoms with E-state index in [1.807, 2.05) is 36.4 Å². The van der Waals surface area contributed by atoms with Gasteiger partial charge in [0.05, 0.1) is 0 Å². The molecule has 2 aromatic carbocycles. The van der Waals surface area contributed by atoms with E-state index < -0.39 is 0 Å². The first kappa shape index (κ1) is 12.4. The van der Waals surface area contributed by atoms with E-state index in [4.69, 9.17) is 11.6 Å². The van der Waals surface area contributed by atoms with E-state index in [1.54, 1.807) is 0 Å². The highest BCUT2D eigenvalue weighted by Gasteiger charge is 2.05. The number of hydrogen-bond donors (Lipinski definition) is 1. The Kier molecular flexibility index (Phi) is 4.02. The van der Waals surface area contributed by atoms with Crippen LogP contribution in [0.15, 0.2) is 40.9 Å². The number of halogens is 2. The van der Waals surface area contributed by atoms with Crippen LogP contribution in [-0.2, 0) is 0 Å². The van der Waals surface area contributed by atoms with Gasteiger partial charge in [0.2, 0.25) is 0 Å². The average molecular weight is 313 g/mol. The van der Waals surface area contributed by atoms with Gasteiger partial charge in [0, 0.05) is 22.5 Å². The zero-order valence-electron chi connectivity index (χ0n) is 9.04. The molecule has 0 saturated heterocycles. The van der Waals surface area contributed by atoms with Crippen molar-refractivity contribution >= 4 is 44.2 Å². The van der Waals surface area contributed by atoms with Crippen molar-refractivity contribution in [3.63, 3.8) is 0 Å². The minimum absolute atomic E-state index is 0.0875. The second-order valence-corrected chi connectivity index (χ2v) is 4.94.